The number of nitrogens with two attached hydrogens (primary N) is 1. The molecule has 0 heterocycles. The molecule has 3 N–H and O–H groups in total. The summed E-state index contributed by atoms with van der Waals surface area (Å²) in [5, 5.41) is 9.15. The maximum atomic E-state index is 11.1. The molecular weight excluding hydrogens is 202 g/mol. The van der Waals surface area contributed by atoms with Gasteiger partial charge in [0.15, 0.2) is 0 Å². The third-order valence-corrected chi connectivity index (χ3v) is 3.63. The van der Waals surface area contributed by atoms with Crippen LogP contribution in [0.4, 0.5) is 0 Å². The lowest BCUT2D eigenvalue weighted by molar-refractivity contribution is -0.143. The highest BCUT2D eigenvalue weighted by molar-refractivity contribution is 5.70. The first-order valence-electron chi connectivity index (χ1n) is 6.49. The van der Waals surface area contributed by atoms with E-state index in [1.165, 1.54) is 19.3 Å². The normalized spacial score (nSPS) is 19.8. The Labute approximate surface area is 98.4 Å². The predicted octanol–water partition coefficient (Wildman–Crippen LogP) is 2.50. The van der Waals surface area contributed by atoms with E-state index in [9.17, 15) is 4.79 Å². The first kappa shape index (κ1) is 13.5. The van der Waals surface area contributed by atoms with E-state index in [1.54, 1.807) is 0 Å². The van der Waals surface area contributed by atoms with Crippen molar-refractivity contribution in [2.24, 2.45) is 29.4 Å². The Morgan fingerprint density at radius 1 is 1.38 bits per heavy atom. The molecule has 2 unspecified atom stereocenters. The summed E-state index contributed by atoms with van der Waals surface area (Å²) in [5.74, 6) is 0.641. The van der Waals surface area contributed by atoms with E-state index in [1.807, 2.05) is 0 Å². The van der Waals surface area contributed by atoms with Crippen molar-refractivity contribution < 1.29 is 9.90 Å². The Bertz CT molecular complexity index is 224. The molecule has 2 atom stereocenters. The SMILES string of the molecule is CC(C)CCCC(C1CC1)C(CN)C(=O)O. The second-order valence-corrected chi connectivity index (χ2v) is 5.51. The highest BCUT2D eigenvalue weighted by Gasteiger charge is 2.38. The van der Waals surface area contributed by atoms with Crippen LogP contribution in [-0.2, 0) is 4.79 Å². The molecule has 1 saturated carbocycles. The van der Waals surface area contributed by atoms with E-state index in [2.05, 4.69) is 13.8 Å². The van der Waals surface area contributed by atoms with Crippen molar-refractivity contribution >= 4 is 5.97 Å². The van der Waals surface area contributed by atoms with Crippen molar-refractivity contribution in [2.45, 2.75) is 46.0 Å². The third-order valence-electron chi connectivity index (χ3n) is 3.63. The summed E-state index contributed by atoms with van der Waals surface area (Å²) in [6, 6.07) is 0. The second kappa shape index (κ2) is 6.24. The highest BCUT2D eigenvalue weighted by Crippen LogP contribution is 2.43. The summed E-state index contributed by atoms with van der Waals surface area (Å²) in [7, 11) is 0. The minimum absolute atomic E-state index is 0.290. The zero-order chi connectivity index (χ0) is 12.1. The van der Waals surface area contributed by atoms with Gasteiger partial charge in [0.25, 0.3) is 0 Å². The summed E-state index contributed by atoms with van der Waals surface area (Å²) in [4.78, 5) is 11.1. The predicted molar refractivity (Wildman–Crippen MR) is 65.1 cm³/mol. The summed E-state index contributed by atoms with van der Waals surface area (Å²) < 4.78 is 0. The van der Waals surface area contributed by atoms with Crippen molar-refractivity contribution in [3.8, 4) is 0 Å². The third kappa shape index (κ3) is 4.12. The van der Waals surface area contributed by atoms with Crippen molar-refractivity contribution in [2.75, 3.05) is 6.54 Å². The number of carboxylic acids is 1. The molecule has 1 rings (SSSR count). The van der Waals surface area contributed by atoms with Crippen LogP contribution in [0.2, 0.25) is 0 Å². The number of aliphatic carboxylic acids is 1. The number of carbonyl (C=O) groups is 1. The molecule has 0 aromatic rings. The zero-order valence-corrected chi connectivity index (χ0v) is 10.5. The van der Waals surface area contributed by atoms with Gasteiger partial charge in [0.1, 0.15) is 0 Å². The summed E-state index contributed by atoms with van der Waals surface area (Å²) in [6.07, 6.45) is 5.78. The largest absolute Gasteiger partial charge is 0.481 e. The van der Waals surface area contributed by atoms with E-state index in [4.69, 9.17) is 10.8 Å². The van der Waals surface area contributed by atoms with E-state index >= 15 is 0 Å². The van der Waals surface area contributed by atoms with Crippen LogP contribution >= 0.6 is 0 Å². The fourth-order valence-corrected chi connectivity index (χ4v) is 2.51. The highest BCUT2D eigenvalue weighted by atomic mass is 16.4. The molecule has 1 fully saturated rings. The average molecular weight is 227 g/mol. The van der Waals surface area contributed by atoms with Crippen molar-refractivity contribution in [1.29, 1.82) is 0 Å². The van der Waals surface area contributed by atoms with Crippen molar-refractivity contribution in [1.82, 2.24) is 0 Å². The number of hydrogen-bond donors (Lipinski definition) is 2. The van der Waals surface area contributed by atoms with Crippen molar-refractivity contribution in [3.05, 3.63) is 0 Å². The molecule has 0 aromatic heterocycles. The van der Waals surface area contributed by atoms with Crippen LogP contribution in [-0.4, -0.2) is 17.6 Å². The van der Waals surface area contributed by atoms with Gasteiger partial charge in [-0.1, -0.05) is 26.7 Å². The van der Waals surface area contributed by atoms with Gasteiger partial charge in [-0.15, -0.1) is 0 Å². The van der Waals surface area contributed by atoms with Gasteiger partial charge in [0.2, 0.25) is 0 Å². The Morgan fingerprint density at radius 3 is 2.38 bits per heavy atom. The lowest BCUT2D eigenvalue weighted by atomic mass is 9.83. The van der Waals surface area contributed by atoms with E-state index in [0.717, 1.165) is 12.8 Å². The molecule has 0 aliphatic heterocycles. The monoisotopic (exact) mass is 227 g/mol. The van der Waals surface area contributed by atoms with Gasteiger partial charge >= 0.3 is 5.97 Å². The maximum absolute atomic E-state index is 11.1. The Morgan fingerprint density at radius 2 is 2.00 bits per heavy atom. The number of hydrogen-bond acceptors (Lipinski definition) is 2. The fourth-order valence-electron chi connectivity index (χ4n) is 2.51. The molecular formula is C13H25NO2. The minimum atomic E-state index is -0.705. The molecule has 16 heavy (non-hydrogen) atoms. The van der Waals surface area contributed by atoms with Crippen LogP contribution in [0.25, 0.3) is 0 Å². The quantitative estimate of drug-likeness (QED) is 0.669. The molecule has 0 aromatic carbocycles. The summed E-state index contributed by atoms with van der Waals surface area (Å²) >= 11 is 0. The second-order valence-electron chi connectivity index (χ2n) is 5.51. The van der Waals surface area contributed by atoms with Crippen LogP contribution in [0, 0.1) is 23.7 Å². The van der Waals surface area contributed by atoms with Gasteiger partial charge in [-0.25, -0.2) is 0 Å². The van der Waals surface area contributed by atoms with Crippen molar-refractivity contribution in [3.63, 3.8) is 0 Å². The molecule has 0 radical (unpaired) electrons. The van der Waals surface area contributed by atoms with Crippen LogP contribution in [0.1, 0.15) is 46.0 Å². The van der Waals surface area contributed by atoms with E-state index in [0.29, 0.717) is 17.8 Å². The van der Waals surface area contributed by atoms with E-state index in [-0.39, 0.29) is 12.5 Å². The minimum Gasteiger partial charge on any atom is -0.481 e. The number of carboxylic acid groups (broad SMARTS) is 1. The summed E-state index contributed by atoms with van der Waals surface area (Å²) in [5.41, 5.74) is 5.59. The zero-order valence-electron chi connectivity index (χ0n) is 10.5. The Hall–Kier alpha value is -0.570. The van der Waals surface area contributed by atoms with Gasteiger partial charge in [0, 0.05) is 6.54 Å². The molecule has 0 saturated heterocycles. The topological polar surface area (TPSA) is 63.3 Å². The molecule has 0 bridgehead atoms. The summed E-state index contributed by atoms with van der Waals surface area (Å²) in [6.45, 7) is 4.71. The first-order chi connectivity index (χ1) is 7.56. The van der Waals surface area contributed by atoms with Crippen LogP contribution in [0.3, 0.4) is 0 Å². The van der Waals surface area contributed by atoms with Crippen LogP contribution in [0.5, 0.6) is 0 Å². The van der Waals surface area contributed by atoms with Gasteiger partial charge in [-0.2, -0.15) is 0 Å². The smallest absolute Gasteiger partial charge is 0.308 e. The molecule has 3 heteroatoms. The Balaban J connectivity index is 2.43. The molecule has 0 amide bonds. The average Bonchev–Trinajstić information content (AvgIpc) is 2.98. The van der Waals surface area contributed by atoms with Gasteiger partial charge in [-0.05, 0) is 37.0 Å². The molecule has 1 aliphatic rings. The maximum Gasteiger partial charge on any atom is 0.308 e. The van der Waals surface area contributed by atoms with Crippen LogP contribution < -0.4 is 5.73 Å². The van der Waals surface area contributed by atoms with Gasteiger partial charge in [-0.3, -0.25) is 4.79 Å². The standard InChI is InChI=1S/C13H25NO2/c1-9(2)4-3-5-11(10-6-7-10)12(8-14)13(15)16/h9-12H,3-8,14H2,1-2H3,(H,15,16). The van der Waals surface area contributed by atoms with Crippen LogP contribution in [0.15, 0.2) is 0 Å². The molecule has 0 spiro atoms. The molecule has 1 aliphatic carbocycles. The lowest BCUT2D eigenvalue weighted by Gasteiger charge is -2.22. The van der Waals surface area contributed by atoms with Gasteiger partial charge < -0.3 is 10.8 Å². The fraction of sp³-hybridized carbons (Fsp3) is 0.923. The van der Waals surface area contributed by atoms with E-state index < -0.39 is 5.97 Å². The number of rotatable bonds is 8. The Kier molecular flexibility index (Phi) is 5.26. The lowest BCUT2D eigenvalue weighted by Crippen LogP contribution is -2.32. The molecule has 3 nitrogen and oxygen atoms in total. The molecule has 94 valence electrons. The van der Waals surface area contributed by atoms with Gasteiger partial charge in [0.05, 0.1) is 5.92 Å². The first-order valence-corrected chi connectivity index (χ1v) is 6.49.